The van der Waals surface area contributed by atoms with E-state index in [1.165, 1.54) is 25.7 Å². The van der Waals surface area contributed by atoms with Crippen molar-refractivity contribution in [2.45, 2.75) is 44.8 Å². The van der Waals surface area contributed by atoms with Gasteiger partial charge in [0.25, 0.3) is 0 Å². The molecule has 1 aromatic rings. The van der Waals surface area contributed by atoms with Gasteiger partial charge in [-0.15, -0.1) is 0 Å². The molecule has 1 saturated heterocycles. The normalized spacial score (nSPS) is 29.0. The summed E-state index contributed by atoms with van der Waals surface area (Å²) in [5.74, 6) is -0.835. The molecular formula is C18H25NO3. The number of rotatable bonds is 4. The van der Waals surface area contributed by atoms with Crippen molar-refractivity contribution in [3.8, 4) is 0 Å². The average Bonchev–Trinajstić information content (AvgIpc) is 2.89. The van der Waals surface area contributed by atoms with Crippen LogP contribution in [0.2, 0.25) is 0 Å². The SMILES string of the molecule is CO[C@@H]1CCC[C@@]12CCCN(Cc1ccccc1C(=O)O)C2. The number of carboxylic acid groups (broad SMARTS) is 1. The highest BCUT2D eigenvalue weighted by atomic mass is 16.5. The Bertz CT molecular complexity index is 545. The van der Waals surface area contributed by atoms with Crippen molar-refractivity contribution in [3.05, 3.63) is 35.4 Å². The Hall–Kier alpha value is -1.39. The van der Waals surface area contributed by atoms with Gasteiger partial charge in [-0.3, -0.25) is 4.90 Å². The Morgan fingerprint density at radius 3 is 2.91 bits per heavy atom. The Kier molecular flexibility index (Phi) is 4.50. The lowest BCUT2D eigenvalue weighted by Crippen LogP contribution is -2.47. The van der Waals surface area contributed by atoms with Crippen LogP contribution >= 0.6 is 0 Å². The maximum Gasteiger partial charge on any atom is 0.336 e. The summed E-state index contributed by atoms with van der Waals surface area (Å²) in [4.78, 5) is 13.8. The molecule has 2 aliphatic rings. The maximum absolute atomic E-state index is 11.4. The first-order valence-electron chi connectivity index (χ1n) is 8.21. The number of carbonyl (C=O) groups is 1. The van der Waals surface area contributed by atoms with Crippen LogP contribution in [0.4, 0.5) is 0 Å². The number of hydrogen-bond acceptors (Lipinski definition) is 3. The number of hydrogen-bond donors (Lipinski definition) is 1. The van der Waals surface area contributed by atoms with Crippen LogP contribution < -0.4 is 0 Å². The van der Waals surface area contributed by atoms with E-state index >= 15 is 0 Å². The minimum absolute atomic E-state index is 0.283. The van der Waals surface area contributed by atoms with E-state index in [2.05, 4.69) is 4.90 Å². The fourth-order valence-electron chi connectivity index (χ4n) is 4.44. The number of methoxy groups -OCH3 is 1. The highest BCUT2D eigenvalue weighted by Gasteiger charge is 2.45. The summed E-state index contributed by atoms with van der Waals surface area (Å²) in [6, 6.07) is 7.36. The molecule has 1 spiro atoms. The molecule has 1 heterocycles. The van der Waals surface area contributed by atoms with E-state index in [0.29, 0.717) is 11.7 Å². The quantitative estimate of drug-likeness (QED) is 0.928. The summed E-state index contributed by atoms with van der Waals surface area (Å²) in [7, 11) is 1.83. The fraction of sp³-hybridized carbons (Fsp3) is 0.611. The molecule has 2 fully saturated rings. The molecule has 4 heteroatoms. The van der Waals surface area contributed by atoms with Gasteiger partial charge in [-0.05, 0) is 43.9 Å². The molecule has 0 amide bonds. The maximum atomic E-state index is 11.4. The van der Waals surface area contributed by atoms with Crippen molar-refractivity contribution in [1.29, 1.82) is 0 Å². The van der Waals surface area contributed by atoms with E-state index in [1.807, 2.05) is 19.2 Å². The minimum atomic E-state index is -0.835. The van der Waals surface area contributed by atoms with E-state index in [-0.39, 0.29) is 5.41 Å². The van der Waals surface area contributed by atoms with E-state index in [1.54, 1.807) is 12.1 Å². The first kappa shape index (κ1) is 15.5. The molecule has 1 aliphatic carbocycles. The summed E-state index contributed by atoms with van der Waals surface area (Å²) in [6.45, 7) is 2.80. The second-order valence-electron chi connectivity index (χ2n) is 6.76. The van der Waals surface area contributed by atoms with E-state index < -0.39 is 5.97 Å². The van der Waals surface area contributed by atoms with Gasteiger partial charge in [-0.2, -0.15) is 0 Å². The third-order valence-electron chi connectivity index (χ3n) is 5.44. The Morgan fingerprint density at radius 1 is 1.36 bits per heavy atom. The van der Waals surface area contributed by atoms with Crippen molar-refractivity contribution in [3.63, 3.8) is 0 Å². The van der Waals surface area contributed by atoms with Crippen molar-refractivity contribution in [1.82, 2.24) is 4.90 Å². The number of piperidine rings is 1. The van der Waals surface area contributed by atoms with Crippen LogP contribution in [0.25, 0.3) is 0 Å². The highest BCUT2D eigenvalue weighted by molar-refractivity contribution is 5.89. The van der Waals surface area contributed by atoms with Gasteiger partial charge in [0.1, 0.15) is 0 Å². The second kappa shape index (κ2) is 6.39. The molecule has 1 N–H and O–H groups in total. The third-order valence-corrected chi connectivity index (χ3v) is 5.44. The minimum Gasteiger partial charge on any atom is -0.478 e. The summed E-state index contributed by atoms with van der Waals surface area (Å²) >= 11 is 0. The van der Waals surface area contributed by atoms with Crippen molar-refractivity contribution in [2.75, 3.05) is 20.2 Å². The van der Waals surface area contributed by atoms with Gasteiger partial charge in [0, 0.05) is 25.6 Å². The van der Waals surface area contributed by atoms with E-state index in [9.17, 15) is 9.90 Å². The average molecular weight is 303 g/mol. The number of nitrogens with zero attached hydrogens (tertiary/aromatic N) is 1. The number of ether oxygens (including phenoxy) is 1. The molecule has 1 saturated carbocycles. The summed E-state index contributed by atoms with van der Waals surface area (Å²) < 4.78 is 5.74. The second-order valence-corrected chi connectivity index (χ2v) is 6.76. The van der Waals surface area contributed by atoms with Crippen LogP contribution in [0.5, 0.6) is 0 Å². The smallest absolute Gasteiger partial charge is 0.336 e. The summed E-state index contributed by atoms with van der Waals surface area (Å²) in [5, 5.41) is 9.34. The lowest BCUT2D eigenvalue weighted by molar-refractivity contribution is -0.0366. The first-order chi connectivity index (χ1) is 10.6. The predicted octanol–water partition coefficient (Wildman–Crippen LogP) is 3.17. The van der Waals surface area contributed by atoms with Crippen LogP contribution in [0.15, 0.2) is 24.3 Å². The lowest BCUT2D eigenvalue weighted by atomic mass is 9.76. The van der Waals surface area contributed by atoms with E-state index in [4.69, 9.17) is 4.74 Å². The molecule has 4 nitrogen and oxygen atoms in total. The molecule has 0 unspecified atom stereocenters. The number of aromatic carboxylic acids is 1. The molecule has 22 heavy (non-hydrogen) atoms. The topological polar surface area (TPSA) is 49.8 Å². The van der Waals surface area contributed by atoms with Gasteiger partial charge in [-0.1, -0.05) is 24.6 Å². The molecular weight excluding hydrogens is 278 g/mol. The fourth-order valence-corrected chi connectivity index (χ4v) is 4.44. The van der Waals surface area contributed by atoms with Gasteiger partial charge in [-0.25, -0.2) is 4.79 Å². The molecule has 1 aromatic carbocycles. The highest BCUT2D eigenvalue weighted by Crippen LogP contribution is 2.46. The largest absolute Gasteiger partial charge is 0.478 e. The molecule has 120 valence electrons. The van der Waals surface area contributed by atoms with Gasteiger partial charge in [0.05, 0.1) is 11.7 Å². The summed E-state index contributed by atoms with van der Waals surface area (Å²) in [6.07, 6.45) is 6.43. The van der Waals surface area contributed by atoms with Gasteiger partial charge < -0.3 is 9.84 Å². The third kappa shape index (κ3) is 2.90. The van der Waals surface area contributed by atoms with Crippen molar-refractivity contribution < 1.29 is 14.6 Å². The first-order valence-corrected chi connectivity index (χ1v) is 8.21. The Labute approximate surface area is 132 Å². The van der Waals surface area contributed by atoms with Crippen LogP contribution in [-0.2, 0) is 11.3 Å². The van der Waals surface area contributed by atoms with Crippen LogP contribution in [0, 0.1) is 5.41 Å². The molecule has 1 aliphatic heterocycles. The number of likely N-dealkylation sites (tertiary alicyclic amines) is 1. The van der Waals surface area contributed by atoms with Gasteiger partial charge >= 0.3 is 5.97 Å². The zero-order valence-electron chi connectivity index (χ0n) is 13.3. The van der Waals surface area contributed by atoms with Crippen LogP contribution in [0.3, 0.4) is 0 Å². The molecule has 3 rings (SSSR count). The predicted molar refractivity (Wildman–Crippen MR) is 85.0 cm³/mol. The molecule has 0 bridgehead atoms. The van der Waals surface area contributed by atoms with Gasteiger partial charge in [0.15, 0.2) is 0 Å². The van der Waals surface area contributed by atoms with Crippen molar-refractivity contribution in [2.24, 2.45) is 5.41 Å². The molecule has 0 aromatic heterocycles. The number of benzene rings is 1. The Morgan fingerprint density at radius 2 is 2.14 bits per heavy atom. The van der Waals surface area contributed by atoms with Crippen LogP contribution in [0.1, 0.15) is 48.0 Å². The van der Waals surface area contributed by atoms with Crippen LogP contribution in [-0.4, -0.2) is 42.3 Å². The standard InChI is InChI=1S/C18H25NO3/c1-22-16-8-4-9-18(16)10-5-11-19(13-18)12-14-6-2-3-7-15(14)17(20)21/h2-3,6-7,16H,4-5,8-13H2,1H3,(H,20,21)/t16-,18+/m1/s1. The van der Waals surface area contributed by atoms with Crippen molar-refractivity contribution >= 4 is 5.97 Å². The molecule has 0 radical (unpaired) electrons. The monoisotopic (exact) mass is 303 g/mol. The lowest BCUT2D eigenvalue weighted by Gasteiger charge is -2.43. The van der Waals surface area contributed by atoms with Gasteiger partial charge in [0.2, 0.25) is 0 Å². The number of carboxylic acids is 1. The zero-order valence-corrected chi connectivity index (χ0v) is 13.3. The Balaban J connectivity index is 1.75. The summed E-state index contributed by atoms with van der Waals surface area (Å²) in [5.41, 5.74) is 1.63. The zero-order chi connectivity index (χ0) is 15.6. The van der Waals surface area contributed by atoms with E-state index in [0.717, 1.165) is 31.6 Å². The molecule has 2 atom stereocenters.